The van der Waals surface area contributed by atoms with E-state index in [1.807, 2.05) is 25.7 Å². The summed E-state index contributed by atoms with van der Waals surface area (Å²) < 4.78 is 7.75. The smallest absolute Gasteiger partial charge is 0.274 e. The number of ether oxygens (including phenoxy) is 1. The van der Waals surface area contributed by atoms with E-state index in [-0.39, 0.29) is 17.9 Å². The average Bonchev–Trinajstić information content (AvgIpc) is 3.03. The molecule has 1 unspecified atom stereocenters. The van der Waals surface area contributed by atoms with E-state index in [0.717, 1.165) is 25.9 Å². The van der Waals surface area contributed by atoms with Crippen molar-refractivity contribution in [2.75, 3.05) is 26.2 Å². The molecule has 1 aromatic rings. The highest BCUT2D eigenvalue weighted by atomic mass is 16.5. The lowest BCUT2D eigenvalue weighted by Crippen LogP contribution is -2.61. The Balaban J connectivity index is 1.81. The molecule has 7 nitrogen and oxygen atoms in total. The molecule has 1 atom stereocenters. The second kappa shape index (κ2) is 7.15. The first-order valence-corrected chi connectivity index (χ1v) is 9.24. The third-order valence-corrected chi connectivity index (χ3v) is 5.16. The summed E-state index contributed by atoms with van der Waals surface area (Å²) in [4.78, 5) is 29.6. The molecule has 3 heterocycles. The van der Waals surface area contributed by atoms with Gasteiger partial charge in [0, 0.05) is 31.9 Å². The first-order valence-electron chi connectivity index (χ1n) is 9.24. The number of carbonyl (C=O) groups excluding carboxylic acids is 2. The summed E-state index contributed by atoms with van der Waals surface area (Å²) in [5.41, 5.74) is -0.470. The van der Waals surface area contributed by atoms with Gasteiger partial charge in [0.1, 0.15) is 5.69 Å². The highest BCUT2D eigenvalue weighted by Crippen LogP contribution is 2.31. The molecule has 0 saturated carbocycles. The summed E-state index contributed by atoms with van der Waals surface area (Å²) in [6.45, 7) is 8.72. The minimum absolute atomic E-state index is 0.0246. The summed E-state index contributed by atoms with van der Waals surface area (Å²) in [6, 6.07) is 1.88. The van der Waals surface area contributed by atoms with E-state index in [2.05, 4.69) is 5.10 Å². The van der Waals surface area contributed by atoms with Crippen LogP contribution >= 0.6 is 0 Å². The Hall–Kier alpha value is -1.89. The van der Waals surface area contributed by atoms with E-state index in [0.29, 0.717) is 31.8 Å². The second-order valence-corrected chi connectivity index (χ2v) is 7.18. The number of likely N-dealkylation sites (tertiary alicyclic amines) is 1. The lowest BCUT2D eigenvalue weighted by Gasteiger charge is -2.43. The Morgan fingerprint density at radius 2 is 2.16 bits per heavy atom. The predicted octanol–water partition coefficient (Wildman–Crippen LogP) is 1.54. The maximum Gasteiger partial charge on any atom is 0.274 e. The van der Waals surface area contributed by atoms with Gasteiger partial charge in [-0.15, -0.1) is 0 Å². The van der Waals surface area contributed by atoms with E-state index in [1.54, 1.807) is 21.8 Å². The van der Waals surface area contributed by atoms with Crippen molar-refractivity contribution in [1.29, 1.82) is 0 Å². The van der Waals surface area contributed by atoms with E-state index in [1.165, 1.54) is 0 Å². The van der Waals surface area contributed by atoms with Gasteiger partial charge in [0.05, 0.1) is 13.2 Å². The first kappa shape index (κ1) is 17.9. The molecule has 3 rings (SSSR count). The predicted molar refractivity (Wildman–Crippen MR) is 93.2 cm³/mol. The van der Waals surface area contributed by atoms with E-state index in [9.17, 15) is 9.59 Å². The molecule has 1 spiro atoms. The number of amides is 2. The third kappa shape index (κ3) is 3.42. The van der Waals surface area contributed by atoms with Crippen molar-refractivity contribution < 1.29 is 14.3 Å². The molecule has 2 fully saturated rings. The van der Waals surface area contributed by atoms with Gasteiger partial charge < -0.3 is 14.5 Å². The minimum atomic E-state index is -0.901. The molecule has 2 amide bonds. The van der Waals surface area contributed by atoms with Crippen LogP contribution < -0.4 is 0 Å². The zero-order chi connectivity index (χ0) is 18.0. The van der Waals surface area contributed by atoms with Gasteiger partial charge >= 0.3 is 0 Å². The van der Waals surface area contributed by atoms with E-state index >= 15 is 0 Å². The van der Waals surface area contributed by atoms with E-state index < -0.39 is 5.60 Å². The molecular weight excluding hydrogens is 320 g/mol. The van der Waals surface area contributed by atoms with Gasteiger partial charge in [-0.2, -0.15) is 5.10 Å². The Labute approximate surface area is 148 Å². The van der Waals surface area contributed by atoms with Crippen molar-refractivity contribution in [1.82, 2.24) is 19.6 Å². The Morgan fingerprint density at radius 3 is 2.84 bits per heavy atom. The maximum atomic E-state index is 13.2. The molecule has 1 aromatic heterocycles. The summed E-state index contributed by atoms with van der Waals surface area (Å²) in [6.07, 6.45) is 4.38. The van der Waals surface area contributed by atoms with Crippen molar-refractivity contribution in [3.8, 4) is 0 Å². The van der Waals surface area contributed by atoms with Crippen molar-refractivity contribution in [3.63, 3.8) is 0 Å². The van der Waals surface area contributed by atoms with E-state index in [4.69, 9.17) is 4.74 Å². The quantitative estimate of drug-likeness (QED) is 0.831. The molecular formula is C18H28N4O3. The van der Waals surface area contributed by atoms with Crippen molar-refractivity contribution in [2.24, 2.45) is 0 Å². The number of nitrogens with zero attached hydrogens (tertiary/aromatic N) is 4. The molecule has 0 N–H and O–H groups in total. The van der Waals surface area contributed by atoms with Crippen LogP contribution in [0, 0.1) is 0 Å². The molecule has 25 heavy (non-hydrogen) atoms. The fourth-order valence-electron chi connectivity index (χ4n) is 3.71. The van der Waals surface area contributed by atoms with Crippen LogP contribution in [0.2, 0.25) is 0 Å². The van der Waals surface area contributed by atoms with Gasteiger partial charge in [-0.1, -0.05) is 0 Å². The molecule has 0 aromatic carbocycles. The van der Waals surface area contributed by atoms with Crippen LogP contribution in [0.25, 0.3) is 0 Å². The summed E-state index contributed by atoms with van der Waals surface area (Å²) in [5.74, 6) is -0.0976. The number of aryl methyl sites for hydroxylation is 1. The highest BCUT2D eigenvalue weighted by Gasteiger charge is 2.48. The summed E-state index contributed by atoms with van der Waals surface area (Å²) >= 11 is 0. The molecule has 2 saturated heterocycles. The normalized spacial score (nSPS) is 24.9. The molecule has 0 aliphatic carbocycles. The fraction of sp³-hybridized carbons (Fsp3) is 0.722. The van der Waals surface area contributed by atoms with Gasteiger partial charge in [-0.25, -0.2) is 0 Å². The number of hydrogen-bond donors (Lipinski definition) is 0. The van der Waals surface area contributed by atoms with Gasteiger partial charge in [0.15, 0.2) is 5.60 Å². The topological polar surface area (TPSA) is 67.7 Å². The zero-order valence-corrected chi connectivity index (χ0v) is 15.4. The Morgan fingerprint density at radius 1 is 1.36 bits per heavy atom. The summed E-state index contributed by atoms with van der Waals surface area (Å²) in [7, 11) is 0. The largest absolute Gasteiger partial charge is 0.361 e. The van der Waals surface area contributed by atoms with Crippen LogP contribution in [0.4, 0.5) is 0 Å². The molecule has 2 aliphatic heterocycles. The Kier molecular flexibility index (Phi) is 5.13. The van der Waals surface area contributed by atoms with Crippen LogP contribution in [-0.4, -0.2) is 69.3 Å². The lowest BCUT2D eigenvalue weighted by molar-refractivity contribution is -0.169. The number of morpholine rings is 1. The van der Waals surface area contributed by atoms with Gasteiger partial charge in [0.2, 0.25) is 0 Å². The van der Waals surface area contributed by atoms with Crippen LogP contribution in [0.15, 0.2) is 12.3 Å². The maximum absolute atomic E-state index is 13.2. The molecule has 0 radical (unpaired) electrons. The second-order valence-electron chi connectivity index (χ2n) is 7.18. The van der Waals surface area contributed by atoms with Gasteiger partial charge in [-0.3, -0.25) is 14.3 Å². The van der Waals surface area contributed by atoms with Crippen molar-refractivity contribution >= 4 is 11.8 Å². The molecule has 2 aliphatic rings. The fourth-order valence-corrected chi connectivity index (χ4v) is 3.71. The Bertz CT molecular complexity index is 642. The third-order valence-electron chi connectivity index (χ3n) is 5.16. The average molecular weight is 348 g/mol. The van der Waals surface area contributed by atoms with Crippen LogP contribution in [0.3, 0.4) is 0 Å². The number of aromatic nitrogens is 2. The number of carbonyl (C=O) groups is 2. The monoisotopic (exact) mass is 348 g/mol. The first-order chi connectivity index (χ1) is 12.0. The SMILES string of the molecule is CCn1ccc(C(=O)N2CCOC3(CCCCN(C(C)C)C3=O)C2)n1. The van der Waals surface area contributed by atoms with Crippen LogP contribution in [-0.2, 0) is 16.1 Å². The van der Waals surface area contributed by atoms with Gasteiger partial charge in [-0.05, 0) is 46.1 Å². The minimum Gasteiger partial charge on any atom is -0.361 e. The van der Waals surface area contributed by atoms with Crippen LogP contribution in [0.1, 0.15) is 50.5 Å². The van der Waals surface area contributed by atoms with Crippen molar-refractivity contribution in [2.45, 2.75) is 58.2 Å². The number of hydrogen-bond acceptors (Lipinski definition) is 4. The zero-order valence-electron chi connectivity index (χ0n) is 15.4. The molecule has 7 heteroatoms. The summed E-state index contributed by atoms with van der Waals surface area (Å²) in [5, 5.41) is 4.31. The van der Waals surface area contributed by atoms with Crippen molar-refractivity contribution in [3.05, 3.63) is 18.0 Å². The molecule has 138 valence electrons. The highest BCUT2D eigenvalue weighted by molar-refractivity contribution is 5.93. The van der Waals surface area contributed by atoms with Gasteiger partial charge in [0.25, 0.3) is 11.8 Å². The standard InChI is InChI=1S/C18H28N4O3/c1-4-21-10-7-15(19-21)16(23)20-11-12-25-18(13-20)8-5-6-9-22(14(2)3)17(18)24/h7,10,14H,4-6,8-9,11-13H2,1-3H3. The lowest BCUT2D eigenvalue weighted by atomic mass is 9.93. The number of rotatable bonds is 3. The molecule has 0 bridgehead atoms. The van der Waals surface area contributed by atoms with Crippen LogP contribution in [0.5, 0.6) is 0 Å².